The predicted molar refractivity (Wildman–Crippen MR) is 235 cm³/mol. The number of para-hydroxylation sites is 1. The monoisotopic (exact) mass is 779 g/mol. The van der Waals surface area contributed by atoms with Crippen LogP contribution >= 0.6 is 0 Å². The highest BCUT2D eigenvalue weighted by Crippen LogP contribution is 2.37. The zero-order chi connectivity index (χ0) is 41.4. The Morgan fingerprint density at radius 3 is 1.41 bits per heavy atom. The third-order valence-corrected chi connectivity index (χ3v) is 10.2. The predicted octanol–water partition coefficient (Wildman–Crippen LogP) is 12.9. The average molecular weight is 780 g/mol. The van der Waals surface area contributed by atoms with Gasteiger partial charge in [0, 0.05) is 29.4 Å². The molecule has 0 unspecified atom stereocenters. The van der Waals surface area contributed by atoms with Crippen molar-refractivity contribution in [3.05, 3.63) is 209 Å². The Bertz CT molecular complexity index is 2530. The Kier molecular flexibility index (Phi) is 12.0. The van der Waals surface area contributed by atoms with Gasteiger partial charge in [-0.2, -0.15) is 0 Å². The second-order valence-corrected chi connectivity index (χ2v) is 14.6. The zero-order valence-corrected chi connectivity index (χ0v) is 33.7. The van der Waals surface area contributed by atoms with Crippen LogP contribution in [0.2, 0.25) is 0 Å². The Morgan fingerprint density at radius 2 is 0.932 bits per heavy atom. The minimum atomic E-state index is -0.841. The van der Waals surface area contributed by atoms with Crippen molar-refractivity contribution in [2.75, 3.05) is 12.0 Å². The van der Waals surface area contributed by atoms with E-state index >= 15 is 0 Å². The quantitative estimate of drug-likeness (QED) is 0.0529. The number of anilines is 3. The van der Waals surface area contributed by atoms with Crippen molar-refractivity contribution in [2.24, 2.45) is 0 Å². The highest BCUT2D eigenvalue weighted by molar-refractivity contribution is 5.92. The van der Waals surface area contributed by atoms with Crippen LogP contribution in [0.15, 0.2) is 176 Å². The average Bonchev–Trinajstić information content (AvgIpc) is 3.25. The van der Waals surface area contributed by atoms with Gasteiger partial charge in [0.05, 0.1) is 7.11 Å². The molecular weight excluding hydrogens is 735 g/mol. The smallest absolute Gasteiger partial charge is 0.497 e. The lowest BCUT2D eigenvalue weighted by molar-refractivity contribution is -0.131. The summed E-state index contributed by atoms with van der Waals surface area (Å²) in [5.74, 6) is 1.61. The molecule has 0 amide bonds. The second-order valence-electron chi connectivity index (χ2n) is 14.6. The highest BCUT2D eigenvalue weighted by Gasteiger charge is 2.24. The Morgan fingerprint density at radius 1 is 0.508 bits per heavy atom. The van der Waals surface area contributed by atoms with E-state index in [0.29, 0.717) is 17.2 Å². The molecule has 0 spiro atoms. The molecule has 7 nitrogen and oxygen atoms in total. The van der Waals surface area contributed by atoms with Gasteiger partial charge in [0.15, 0.2) is 0 Å². The van der Waals surface area contributed by atoms with Crippen molar-refractivity contribution in [2.45, 2.75) is 33.1 Å². The van der Waals surface area contributed by atoms with Crippen LogP contribution in [-0.4, -0.2) is 19.2 Å². The van der Waals surface area contributed by atoms with Crippen LogP contribution in [0.1, 0.15) is 54.2 Å². The van der Waals surface area contributed by atoms with Crippen LogP contribution in [0, 0.1) is 6.92 Å². The first kappa shape index (κ1) is 39.8. The number of benzene rings is 7. The Balaban J connectivity index is 1.07. The van der Waals surface area contributed by atoms with Crippen LogP contribution in [0.5, 0.6) is 23.0 Å². The molecule has 7 aromatic carbocycles. The van der Waals surface area contributed by atoms with Crippen LogP contribution in [0.3, 0.4) is 0 Å². The second kappa shape index (κ2) is 17.8. The van der Waals surface area contributed by atoms with Crippen molar-refractivity contribution < 1.29 is 28.5 Å². The van der Waals surface area contributed by atoms with E-state index in [4.69, 9.17) is 18.9 Å². The minimum absolute atomic E-state index is 0.351. The fraction of sp³-hybridized carbons (Fsp3) is 0.115. The standard InChI is InChI=1S/C52H45NO6/c1-36-11-23-44(24-12-36)53(43-9-7-6-8-10-43)45-25-13-38(14-26-45)35-50(39-15-27-46(56-5)28-16-39)40-17-29-48(30-18-40)58-51(55)59-49-33-21-42(22-34-49)52(3,4)41-19-31-47(32-20-41)57-37(2)54/h6-35H,1-5H3. The SMILES string of the molecule is COc1ccc(C(=Cc2ccc(N(c3ccccc3)c3ccc(C)cc3)cc2)c2ccc(OC(=O)Oc3ccc(C(C)(C)c4ccc(OC(C)=O)cc4)cc3)cc2)cc1. The summed E-state index contributed by atoms with van der Waals surface area (Å²) >= 11 is 0. The summed E-state index contributed by atoms with van der Waals surface area (Å²) < 4.78 is 21.7. The topological polar surface area (TPSA) is 74.3 Å². The van der Waals surface area contributed by atoms with E-state index < -0.39 is 6.16 Å². The van der Waals surface area contributed by atoms with Gasteiger partial charge < -0.3 is 23.8 Å². The molecule has 7 heteroatoms. The Labute approximate surface area is 345 Å². The molecule has 0 fully saturated rings. The molecule has 59 heavy (non-hydrogen) atoms. The maximum atomic E-state index is 12.9. The first-order valence-electron chi connectivity index (χ1n) is 19.3. The molecule has 0 bridgehead atoms. The lowest BCUT2D eigenvalue weighted by Gasteiger charge is -2.26. The van der Waals surface area contributed by atoms with E-state index in [1.54, 1.807) is 43.5 Å². The largest absolute Gasteiger partial charge is 0.519 e. The van der Waals surface area contributed by atoms with E-state index in [-0.39, 0.29) is 11.4 Å². The van der Waals surface area contributed by atoms with Crippen LogP contribution in [-0.2, 0) is 10.2 Å². The third-order valence-electron chi connectivity index (χ3n) is 10.2. The fourth-order valence-electron chi connectivity index (χ4n) is 6.84. The number of aryl methyl sites for hydroxylation is 1. The molecule has 0 aliphatic rings. The first-order valence-corrected chi connectivity index (χ1v) is 19.3. The number of carbonyl (C=O) groups is 2. The van der Waals surface area contributed by atoms with Gasteiger partial charge in [0.1, 0.15) is 23.0 Å². The number of methoxy groups -OCH3 is 1. The molecule has 7 aromatic rings. The third kappa shape index (κ3) is 9.78. The minimum Gasteiger partial charge on any atom is -0.497 e. The molecular formula is C52H45NO6. The lowest BCUT2D eigenvalue weighted by atomic mass is 9.78. The molecule has 7 rings (SSSR count). The number of nitrogens with zero attached hydrogens (tertiary/aromatic N) is 1. The van der Waals surface area contributed by atoms with Crippen LogP contribution in [0.25, 0.3) is 11.6 Å². The summed E-state index contributed by atoms with van der Waals surface area (Å²) in [5.41, 5.74) is 10.0. The number of hydrogen-bond acceptors (Lipinski definition) is 7. The number of ether oxygens (including phenoxy) is 4. The van der Waals surface area contributed by atoms with Crippen molar-refractivity contribution in [3.63, 3.8) is 0 Å². The normalized spacial score (nSPS) is 11.4. The molecule has 0 radical (unpaired) electrons. The maximum Gasteiger partial charge on any atom is 0.519 e. The van der Waals surface area contributed by atoms with Gasteiger partial charge in [-0.25, -0.2) is 4.79 Å². The lowest BCUT2D eigenvalue weighted by Crippen LogP contribution is -2.19. The van der Waals surface area contributed by atoms with Gasteiger partial charge in [0.25, 0.3) is 0 Å². The summed E-state index contributed by atoms with van der Waals surface area (Å²) in [6.07, 6.45) is 1.31. The maximum absolute atomic E-state index is 12.9. The van der Waals surface area contributed by atoms with E-state index in [1.165, 1.54) is 12.5 Å². The molecule has 0 aliphatic heterocycles. The number of esters is 1. The van der Waals surface area contributed by atoms with Gasteiger partial charge >= 0.3 is 12.1 Å². The Hall–Kier alpha value is -7.38. The molecule has 294 valence electrons. The van der Waals surface area contributed by atoms with Gasteiger partial charge in [-0.1, -0.05) is 110 Å². The number of carbonyl (C=O) groups excluding carboxylic acids is 2. The van der Waals surface area contributed by atoms with E-state index in [0.717, 1.165) is 56.2 Å². The number of rotatable bonds is 12. The number of hydrogen-bond donors (Lipinski definition) is 0. The summed E-state index contributed by atoms with van der Waals surface area (Å²) in [7, 11) is 1.65. The van der Waals surface area contributed by atoms with Crippen molar-refractivity contribution >= 4 is 40.8 Å². The highest BCUT2D eigenvalue weighted by atomic mass is 16.7. The molecule has 0 heterocycles. The molecule has 0 aliphatic carbocycles. The first-order chi connectivity index (χ1) is 28.5. The van der Waals surface area contributed by atoms with E-state index in [2.05, 4.69) is 92.4 Å². The molecule has 0 atom stereocenters. The van der Waals surface area contributed by atoms with Gasteiger partial charge in [-0.05, 0) is 131 Å². The van der Waals surface area contributed by atoms with E-state index in [9.17, 15) is 9.59 Å². The van der Waals surface area contributed by atoms with Gasteiger partial charge in [-0.15, -0.1) is 0 Å². The molecule has 0 saturated heterocycles. The fourth-order valence-corrected chi connectivity index (χ4v) is 6.84. The summed E-state index contributed by atoms with van der Waals surface area (Å²) in [6.45, 7) is 7.66. The van der Waals surface area contributed by atoms with Gasteiger partial charge in [0.2, 0.25) is 0 Å². The molecule has 0 N–H and O–H groups in total. The van der Waals surface area contributed by atoms with Crippen LogP contribution < -0.4 is 23.8 Å². The van der Waals surface area contributed by atoms with E-state index in [1.807, 2.05) is 78.9 Å². The molecule has 0 aromatic heterocycles. The van der Waals surface area contributed by atoms with Crippen molar-refractivity contribution in [3.8, 4) is 23.0 Å². The van der Waals surface area contributed by atoms with Crippen LogP contribution in [0.4, 0.5) is 21.9 Å². The summed E-state index contributed by atoms with van der Waals surface area (Å²) in [5, 5.41) is 0. The van der Waals surface area contributed by atoms with Gasteiger partial charge in [-0.3, -0.25) is 4.79 Å². The zero-order valence-electron chi connectivity index (χ0n) is 33.7. The molecule has 0 saturated carbocycles. The summed E-state index contributed by atoms with van der Waals surface area (Å²) in [6, 6.07) is 57.5. The summed E-state index contributed by atoms with van der Waals surface area (Å²) in [4.78, 5) is 26.4. The van der Waals surface area contributed by atoms with Crippen molar-refractivity contribution in [1.29, 1.82) is 0 Å². The van der Waals surface area contributed by atoms with Crippen molar-refractivity contribution in [1.82, 2.24) is 0 Å².